The third kappa shape index (κ3) is 15.0. The lowest BCUT2D eigenvalue weighted by molar-refractivity contribution is -0.140. The van der Waals surface area contributed by atoms with Crippen molar-refractivity contribution in [1.82, 2.24) is 21.3 Å². The van der Waals surface area contributed by atoms with Gasteiger partial charge < -0.3 is 47.4 Å². The second-order valence-electron chi connectivity index (χ2n) is 11.4. The molecule has 0 radical (unpaired) electrons. The zero-order chi connectivity index (χ0) is 36.6. The largest absolute Gasteiger partial charge is 0.508 e. The van der Waals surface area contributed by atoms with Gasteiger partial charge in [-0.2, -0.15) is 0 Å². The van der Waals surface area contributed by atoms with E-state index in [1.54, 1.807) is 13.8 Å². The molecule has 0 fully saturated rings. The zero-order valence-electron chi connectivity index (χ0n) is 27.1. The Morgan fingerprint density at radius 2 is 1.04 bits per heavy atom. The predicted molar refractivity (Wildman–Crippen MR) is 168 cm³/mol. The minimum absolute atomic E-state index is 0.00958. The van der Waals surface area contributed by atoms with Gasteiger partial charge in [-0.05, 0) is 56.2 Å². The number of Topliss-reactive ketones (excluding diaryl/α,β-unsaturated/α-hetero) is 1. The first kappa shape index (κ1) is 41.0. The number of nitrogens with one attached hydrogen (secondary N) is 4. The standard InChI is InChI=1S/C31H45N5O12/c1-4-16(2)27(17(3)37)36-31(48)23(11-14-26(43)44)35-30(47)22(10-13-25(41)42)34-29(46)21(9-12-24(39)40)33-28(45)20(32)15-18-5-7-19(38)8-6-18/h5-8,16,20-23,27,38H,4,9-15,32H2,1-3H3,(H,33,45)(H,34,46)(H,35,47)(H,36,48)(H,39,40)(H,41,42)(H,43,44). The number of benzene rings is 1. The number of phenolic OH excluding ortho intramolecular Hbond substituents is 1. The number of carboxylic acid groups (broad SMARTS) is 3. The van der Waals surface area contributed by atoms with Gasteiger partial charge >= 0.3 is 17.9 Å². The molecule has 0 spiro atoms. The number of rotatable bonds is 22. The molecule has 10 N–H and O–H groups in total. The van der Waals surface area contributed by atoms with Gasteiger partial charge in [-0.25, -0.2) is 0 Å². The maximum Gasteiger partial charge on any atom is 0.303 e. The van der Waals surface area contributed by atoms with Gasteiger partial charge in [-0.3, -0.25) is 38.4 Å². The third-order valence-corrected chi connectivity index (χ3v) is 7.52. The molecule has 1 aromatic rings. The van der Waals surface area contributed by atoms with Crippen molar-refractivity contribution in [1.29, 1.82) is 0 Å². The fourth-order valence-electron chi connectivity index (χ4n) is 4.55. The van der Waals surface area contributed by atoms with Crippen LogP contribution < -0.4 is 27.0 Å². The van der Waals surface area contributed by atoms with Gasteiger partial charge in [0.1, 0.15) is 23.9 Å². The Labute approximate surface area is 277 Å². The summed E-state index contributed by atoms with van der Waals surface area (Å²) >= 11 is 0. The molecular formula is C31H45N5O12. The van der Waals surface area contributed by atoms with Crippen LogP contribution in [0.5, 0.6) is 5.75 Å². The molecule has 17 nitrogen and oxygen atoms in total. The summed E-state index contributed by atoms with van der Waals surface area (Å²) in [6, 6.07) is -0.974. The molecule has 6 atom stereocenters. The first-order valence-electron chi connectivity index (χ1n) is 15.4. The zero-order valence-corrected chi connectivity index (χ0v) is 27.1. The molecule has 0 aliphatic carbocycles. The molecule has 0 heterocycles. The van der Waals surface area contributed by atoms with Crippen molar-refractivity contribution < 1.29 is 58.8 Å². The topological polar surface area (TPSA) is 292 Å². The Morgan fingerprint density at radius 1 is 0.667 bits per heavy atom. The molecule has 4 amide bonds. The van der Waals surface area contributed by atoms with Gasteiger partial charge in [0.05, 0.1) is 12.1 Å². The van der Waals surface area contributed by atoms with Crippen LogP contribution in [0.15, 0.2) is 24.3 Å². The highest BCUT2D eigenvalue weighted by atomic mass is 16.4. The summed E-state index contributed by atoms with van der Waals surface area (Å²) in [6.07, 6.45) is -2.61. The van der Waals surface area contributed by atoms with Crippen LogP contribution in [0.25, 0.3) is 0 Å². The smallest absolute Gasteiger partial charge is 0.303 e. The van der Waals surface area contributed by atoms with Crippen LogP contribution in [-0.4, -0.2) is 98.0 Å². The average Bonchev–Trinajstić information content (AvgIpc) is 3.01. The van der Waals surface area contributed by atoms with E-state index in [-0.39, 0.29) is 23.9 Å². The van der Waals surface area contributed by atoms with Gasteiger partial charge in [0.2, 0.25) is 23.6 Å². The summed E-state index contributed by atoms with van der Waals surface area (Å²) in [6.45, 7) is 4.77. The minimum atomic E-state index is -1.62. The number of hydrogen-bond acceptors (Lipinski definition) is 10. The van der Waals surface area contributed by atoms with E-state index in [4.69, 9.17) is 5.73 Å². The van der Waals surface area contributed by atoms with Crippen molar-refractivity contribution in [2.75, 3.05) is 0 Å². The Hall–Kier alpha value is -5.06. The van der Waals surface area contributed by atoms with Crippen LogP contribution in [0.3, 0.4) is 0 Å². The summed E-state index contributed by atoms with van der Waals surface area (Å²) in [5.41, 5.74) is 6.56. The molecule has 48 heavy (non-hydrogen) atoms. The molecule has 0 aliphatic rings. The molecule has 0 saturated carbocycles. The van der Waals surface area contributed by atoms with E-state index in [2.05, 4.69) is 21.3 Å². The third-order valence-electron chi connectivity index (χ3n) is 7.52. The molecule has 0 aromatic heterocycles. The summed E-state index contributed by atoms with van der Waals surface area (Å²) in [5.74, 6) is -8.43. The summed E-state index contributed by atoms with van der Waals surface area (Å²) in [5, 5.41) is 46.6. The van der Waals surface area contributed by atoms with E-state index < -0.39 is 110 Å². The number of aliphatic carboxylic acids is 3. The Bertz CT molecular complexity index is 1320. The Morgan fingerprint density at radius 3 is 1.40 bits per heavy atom. The molecular weight excluding hydrogens is 634 g/mol. The van der Waals surface area contributed by atoms with Gasteiger partial charge in [0.15, 0.2) is 5.78 Å². The number of nitrogens with two attached hydrogens (primary N) is 1. The van der Waals surface area contributed by atoms with E-state index in [1.807, 2.05) is 0 Å². The highest BCUT2D eigenvalue weighted by Gasteiger charge is 2.33. The molecule has 0 saturated heterocycles. The predicted octanol–water partition coefficient (Wildman–Crippen LogP) is -0.569. The molecule has 17 heteroatoms. The number of ketones is 1. The maximum atomic E-state index is 13.4. The maximum absolute atomic E-state index is 13.4. The lowest BCUT2D eigenvalue weighted by atomic mass is 9.95. The first-order chi connectivity index (χ1) is 22.4. The Kier molecular flexibility index (Phi) is 17.3. The monoisotopic (exact) mass is 679 g/mol. The second kappa shape index (κ2) is 20.2. The van der Waals surface area contributed by atoms with Gasteiger partial charge in [0.25, 0.3) is 0 Å². The fourth-order valence-corrected chi connectivity index (χ4v) is 4.55. The summed E-state index contributed by atoms with van der Waals surface area (Å²) in [4.78, 5) is 98.8. The van der Waals surface area contributed by atoms with Crippen molar-refractivity contribution >= 4 is 47.3 Å². The fraction of sp³-hybridized carbons (Fsp3) is 0.548. The summed E-state index contributed by atoms with van der Waals surface area (Å²) in [7, 11) is 0. The van der Waals surface area contributed by atoms with Crippen molar-refractivity contribution in [2.24, 2.45) is 11.7 Å². The van der Waals surface area contributed by atoms with Crippen LogP contribution in [0.1, 0.15) is 71.3 Å². The average molecular weight is 680 g/mol. The van der Waals surface area contributed by atoms with Gasteiger partial charge in [-0.15, -0.1) is 0 Å². The van der Waals surface area contributed by atoms with Gasteiger partial charge in [0, 0.05) is 19.3 Å². The molecule has 6 unspecified atom stereocenters. The lowest BCUT2D eigenvalue weighted by Gasteiger charge is -2.27. The number of phenols is 1. The van der Waals surface area contributed by atoms with Crippen LogP contribution in [0, 0.1) is 5.92 Å². The quantitative estimate of drug-likeness (QED) is 0.0743. The molecule has 0 bridgehead atoms. The molecule has 1 rings (SSSR count). The Balaban J connectivity index is 3.22. The van der Waals surface area contributed by atoms with Crippen LogP contribution in [-0.2, 0) is 44.8 Å². The number of carboxylic acids is 3. The highest BCUT2D eigenvalue weighted by molar-refractivity contribution is 5.96. The van der Waals surface area contributed by atoms with E-state index >= 15 is 0 Å². The van der Waals surface area contributed by atoms with E-state index in [0.29, 0.717) is 12.0 Å². The minimum Gasteiger partial charge on any atom is -0.508 e. The molecule has 266 valence electrons. The molecule has 1 aromatic carbocycles. The highest BCUT2D eigenvalue weighted by Crippen LogP contribution is 2.13. The number of hydrogen-bond donors (Lipinski definition) is 9. The van der Waals surface area contributed by atoms with E-state index in [9.17, 15) is 58.8 Å². The lowest BCUT2D eigenvalue weighted by Crippen LogP contribution is -2.59. The van der Waals surface area contributed by atoms with Crippen molar-refractivity contribution in [2.45, 2.75) is 102 Å². The number of amides is 4. The van der Waals surface area contributed by atoms with Crippen LogP contribution in [0.4, 0.5) is 0 Å². The second-order valence-corrected chi connectivity index (χ2v) is 11.4. The van der Waals surface area contributed by atoms with E-state index in [1.165, 1.54) is 31.2 Å². The normalized spacial score (nSPS) is 14.6. The van der Waals surface area contributed by atoms with Crippen LogP contribution in [0.2, 0.25) is 0 Å². The van der Waals surface area contributed by atoms with Crippen molar-refractivity contribution in [3.8, 4) is 5.75 Å². The SMILES string of the molecule is CCC(C)C(NC(=O)C(CCC(=O)O)NC(=O)C(CCC(=O)O)NC(=O)C(CCC(=O)O)NC(=O)C(N)Cc1ccc(O)cc1)C(C)=O. The number of aromatic hydroxyl groups is 1. The van der Waals surface area contributed by atoms with E-state index in [0.717, 1.165) is 0 Å². The summed E-state index contributed by atoms with van der Waals surface area (Å²) < 4.78 is 0. The molecule has 0 aliphatic heterocycles. The number of carbonyl (C=O) groups excluding carboxylic acids is 5. The van der Waals surface area contributed by atoms with Crippen LogP contribution >= 0.6 is 0 Å². The first-order valence-corrected chi connectivity index (χ1v) is 15.4. The number of carbonyl (C=O) groups is 8. The van der Waals surface area contributed by atoms with Crippen molar-refractivity contribution in [3.63, 3.8) is 0 Å². The van der Waals surface area contributed by atoms with Crippen molar-refractivity contribution in [3.05, 3.63) is 29.8 Å². The van der Waals surface area contributed by atoms with Gasteiger partial charge in [-0.1, -0.05) is 32.4 Å².